The minimum absolute atomic E-state index is 0.453. The van der Waals surface area contributed by atoms with Crippen molar-refractivity contribution in [1.82, 2.24) is 24.5 Å². The van der Waals surface area contributed by atoms with Crippen LogP contribution in [0.15, 0.2) is 12.4 Å². The lowest BCUT2D eigenvalue weighted by atomic mass is 10.1. The second-order valence-corrected chi connectivity index (χ2v) is 5.56. The summed E-state index contributed by atoms with van der Waals surface area (Å²) in [5.41, 5.74) is 0. The summed E-state index contributed by atoms with van der Waals surface area (Å²) in [5.74, 6) is 1.50. The predicted molar refractivity (Wildman–Crippen MR) is 74.7 cm³/mol. The molecule has 0 aromatic carbocycles. The lowest BCUT2D eigenvalue weighted by Crippen LogP contribution is -2.55. The fraction of sp³-hybridized carbons (Fsp3) is 0.583. The first-order chi connectivity index (χ1) is 9.06. The maximum Gasteiger partial charge on any atom is 0.255 e. The molecule has 1 aliphatic rings. The Hall–Kier alpha value is -1.40. The van der Waals surface area contributed by atoms with Crippen LogP contribution in [0.1, 0.15) is 13.8 Å². The van der Waals surface area contributed by atoms with Crippen LogP contribution in [0.2, 0.25) is 5.15 Å². The number of nitrogens with zero attached hydrogens (tertiary/aromatic N) is 6. The summed E-state index contributed by atoms with van der Waals surface area (Å²) in [6.07, 6.45) is 1.51. The summed E-state index contributed by atoms with van der Waals surface area (Å²) in [5, 5.41) is 4.69. The number of likely N-dealkylation sites (N-methyl/N-ethyl adjacent to an activating group) is 1. The van der Waals surface area contributed by atoms with Crippen LogP contribution in [-0.2, 0) is 0 Å². The van der Waals surface area contributed by atoms with Gasteiger partial charge in [-0.05, 0) is 20.9 Å². The Bertz CT molecular complexity index is 585. The molecule has 1 fully saturated rings. The van der Waals surface area contributed by atoms with Gasteiger partial charge in [0.2, 0.25) is 0 Å². The van der Waals surface area contributed by atoms with Gasteiger partial charge in [0.25, 0.3) is 5.78 Å². The number of hydrogen-bond donors (Lipinski definition) is 0. The van der Waals surface area contributed by atoms with Crippen molar-refractivity contribution in [2.75, 3.05) is 25.0 Å². The van der Waals surface area contributed by atoms with Crippen LogP contribution in [0, 0.1) is 0 Å². The highest BCUT2D eigenvalue weighted by molar-refractivity contribution is 6.29. The Balaban J connectivity index is 2.02. The van der Waals surface area contributed by atoms with Crippen LogP contribution in [0.5, 0.6) is 0 Å². The lowest BCUT2D eigenvalue weighted by molar-refractivity contribution is 0.169. The molecule has 102 valence electrons. The number of fused-ring (bicyclic) bond motifs is 1. The molecule has 0 bridgehead atoms. The van der Waals surface area contributed by atoms with E-state index in [2.05, 4.69) is 45.8 Å². The molecule has 2 aromatic rings. The molecule has 1 saturated heterocycles. The van der Waals surface area contributed by atoms with E-state index in [-0.39, 0.29) is 0 Å². The van der Waals surface area contributed by atoms with Crippen LogP contribution < -0.4 is 4.90 Å². The predicted octanol–water partition coefficient (Wildman–Crippen LogP) is 1.31. The molecule has 0 saturated carbocycles. The smallest absolute Gasteiger partial charge is 0.255 e. The van der Waals surface area contributed by atoms with Gasteiger partial charge in [0, 0.05) is 31.2 Å². The third-order valence-corrected chi connectivity index (χ3v) is 4.08. The molecule has 19 heavy (non-hydrogen) atoms. The molecule has 0 radical (unpaired) electrons. The first-order valence-electron chi connectivity index (χ1n) is 6.39. The zero-order valence-corrected chi connectivity index (χ0v) is 12.0. The molecule has 6 nitrogen and oxygen atoms in total. The van der Waals surface area contributed by atoms with E-state index < -0.39 is 0 Å². The summed E-state index contributed by atoms with van der Waals surface area (Å²) in [7, 11) is 2.16. The highest BCUT2D eigenvalue weighted by atomic mass is 35.5. The van der Waals surface area contributed by atoms with Gasteiger partial charge in [-0.25, -0.2) is 0 Å². The molecular weight excluding hydrogens is 264 g/mol. The van der Waals surface area contributed by atoms with Crippen LogP contribution >= 0.6 is 11.6 Å². The van der Waals surface area contributed by atoms with E-state index in [1.807, 2.05) is 6.07 Å². The van der Waals surface area contributed by atoms with Crippen molar-refractivity contribution in [1.29, 1.82) is 0 Å². The number of hydrogen-bond acceptors (Lipinski definition) is 5. The van der Waals surface area contributed by atoms with E-state index in [1.165, 1.54) is 6.33 Å². The molecule has 2 aromatic heterocycles. The Kier molecular flexibility index (Phi) is 3.06. The second-order valence-electron chi connectivity index (χ2n) is 5.18. The van der Waals surface area contributed by atoms with Crippen molar-refractivity contribution in [3.05, 3.63) is 17.5 Å². The van der Waals surface area contributed by atoms with Crippen molar-refractivity contribution in [2.24, 2.45) is 0 Å². The van der Waals surface area contributed by atoms with E-state index in [4.69, 9.17) is 11.6 Å². The van der Waals surface area contributed by atoms with Gasteiger partial charge in [-0.3, -0.25) is 4.90 Å². The number of rotatable bonds is 1. The first kappa shape index (κ1) is 12.6. The summed E-state index contributed by atoms with van der Waals surface area (Å²) < 4.78 is 1.75. The van der Waals surface area contributed by atoms with Gasteiger partial charge in [-0.15, -0.1) is 0 Å². The second kappa shape index (κ2) is 4.61. The van der Waals surface area contributed by atoms with Crippen LogP contribution in [0.4, 0.5) is 5.82 Å². The molecule has 3 heterocycles. The first-order valence-corrected chi connectivity index (χ1v) is 6.77. The fourth-order valence-corrected chi connectivity index (χ4v) is 2.76. The number of piperazine rings is 1. The van der Waals surface area contributed by atoms with E-state index >= 15 is 0 Å². The van der Waals surface area contributed by atoms with Crippen molar-refractivity contribution in [2.45, 2.75) is 25.9 Å². The minimum Gasteiger partial charge on any atom is -0.353 e. The molecule has 0 spiro atoms. The van der Waals surface area contributed by atoms with E-state index in [1.54, 1.807) is 4.52 Å². The lowest BCUT2D eigenvalue weighted by Gasteiger charge is -2.43. The molecule has 0 amide bonds. The monoisotopic (exact) mass is 280 g/mol. The maximum atomic E-state index is 6.07. The normalized spacial score (nSPS) is 25.2. The van der Waals surface area contributed by atoms with E-state index in [9.17, 15) is 0 Å². The van der Waals surface area contributed by atoms with Crippen molar-refractivity contribution in [3.8, 4) is 0 Å². The fourth-order valence-electron chi connectivity index (χ4n) is 2.59. The summed E-state index contributed by atoms with van der Waals surface area (Å²) in [6, 6.07) is 2.82. The van der Waals surface area contributed by atoms with Crippen LogP contribution in [-0.4, -0.2) is 56.7 Å². The topological polar surface area (TPSA) is 49.6 Å². The van der Waals surface area contributed by atoms with Crippen molar-refractivity contribution < 1.29 is 0 Å². The van der Waals surface area contributed by atoms with Crippen LogP contribution in [0.3, 0.4) is 0 Å². The standard InChI is InChI=1S/C12H17ClN6/c1-8-5-18(6-9(2)17(8)3)11-4-10(13)16-12-14-7-15-19(11)12/h4,7-9H,5-6H2,1-3H3. The average molecular weight is 281 g/mol. The molecule has 0 aliphatic carbocycles. The largest absolute Gasteiger partial charge is 0.353 e. The molecule has 3 rings (SSSR count). The Morgan fingerprint density at radius 2 is 1.95 bits per heavy atom. The molecule has 1 aliphatic heterocycles. The highest BCUT2D eigenvalue weighted by Gasteiger charge is 2.28. The van der Waals surface area contributed by atoms with Gasteiger partial charge >= 0.3 is 0 Å². The quantitative estimate of drug-likeness (QED) is 0.737. The minimum atomic E-state index is 0.453. The number of anilines is 1. The van der Waals surface area contributed by atoms with Gasteiger partial charge in [0.05, 0.1) is 0 Å². The summed E-state index contributed by atoms with van der Waals surface area (Å²) >= 11 is 6.07. The third kappa shape index (κ3) is 2.15. The van der Waals surface area contributed by atoms with Gasteiger partial charge in [0.1, 0.15) is 17.3 Å². The van der Waals surface area contributed by atoms with Gasteiger partial charge in [-0.2, -0.15) is 19.6 Å². The molecular formula is C12H17ClN6. The summed E-state index contributed by atoms with van der Waals surface area (Å²) in [4.78, 5) is 13.0. The van der Waals surface area contributed by atoms with Crippen LogP contribution in [0.25, 0.3) is 5.78 Å². The molecule has 2 unspecified atom stereocenters. The highest BCUT2D eigenvalue weighted by Crippen LogP contribution is 2.23. The van der Waals surface area contributed by atoms with Gasteiger partial charge < -0.3 is 4.90 Å². The SMILES string of the molecule is CC1CN(c2cc(Cl)nc3ncnn23)CC(C)N1C. The number of aromatic nitrogens is 4. The Morgan fingerprint density at radius 3 is 2.63 bits per heavy atom. The molecule has 2 atom stereocenters. The molecule has 0 N–H and O–H groups in total. The molecule has 7 heteroatoms. The Labute approximate surface area is 117 Å². The Morgan fingerprint density at radius 1 is 1.26 bits per heavy atom. The van der Waals surface area contributed by atoms with E-state index in [0.29, 0.717) is 23.0 Å². The summed E-state index contributed by atoms with van der Waals surface area (Å²) in [6.45, 7) is 6.33. The number of halogens is 1. The zero-order chi connectivity index (χ0) is 13.6. The third-order valence-electron chi connectivity index (χ3n) is 3.89. The van der Waals surface area contributed by atoms with Crippen molar-refractivity contribution >= 4 is 23.2 Å². The van der Waals surface area contributed by atoms with Gasteiger partial charge in [-0.1, -0.05) is 11.6 Å². The average Bonchev–Trinajstić information content (AvgIpc) is 2.82. The zero-order valence-electron chi connectivity index (χ0n) is 11.3. The van der Waals surface area contributed by atoms with Gasteiger partial charge in [0.15, 0.2) is 0 Å². The van der Waals surface area contributed by atoms with E-state index in [0.717, 1.165) is 18.9 Å². The van der Waals surface area contributed by atoms with Crippen molar-refractivity contribution in [3.63, 3.8) is 0 Å². The maximum absolute atomic E-state index is 6.07.